The van der Waals surface area contributed by atoms with E-state index in [0.717, 1.165) is 89.9 Å². The average Bonchev–Trinajstić information content (AvgIpc) is 3.46. The van der Waals surface area contributed by atoms with Gasteiger partial charge >= 0.3 is 17.9 Å². The molecule has 0 amide bonds. The van der Waals surface area contributed by atoms with Crippen LogP contribution in [0.15, 0.2) is 85.1 Å². The SMILES string of the molecule is CC/C=C\C/C=C\C/C=C\C/C=C\C/C=C\C/C=C\C/C=C\CCCC(=O)OC(COC(=O)CCCCCCCCC)COC(=O)CCCCCCCCCCCCCCCCCCCCCCCCCCCCCCCCCC. The predicted molar refractivity (Wildman–Crippen MR) is 348 cm³/mol. The van der Waals surface area contributed by atoms with Gasteiger partial charge in [0.05, 0.1) is 0 Å². The lowest BCUT2D eigenvalue weighted by Gasteiger charge is -2.18. The summed E-state index contributed by atoms with van der Waals surface area (Å²) in [7, 11) is 0. The van der Waals surface area contributed by atoms with Crippen molar-refractivity contribution in [2.45, 2.75) is 354 Å². The Bertz CT molecular complexity index is 1520. The predicted octanol–water partition coefficient (Wildman–Crippen LogP) is 23.8. The van der Waals surface area contributed by atoms with Crippen molar-refractivity contribution in [1.29, 1.82) is 0 Å². The van der Waals surface area contributed by atoms with E-state index < -0.39 is 6.10 Å². The molecule has 0 aromatic heterocycles. The van der Waals surface area contributed by atoms with E-state index >= 15 is 0 Å². The first-order chi connectivity index (χ1) is 39.5. The van der Waals surface area contributed by atoms with Gasteiger partial charge in [-0.15, -0.1) is 0 Å². The summed E-state index contributed by atoms with van der Waals surface area (Å²) in [5.41, 5.74) is 0. The smallest absolute Gasteiger partial charge is 0.306 e. The summed E-state index contributed by atoms with van der Waals surface area (Å²) >= 11 is 0. The quantitative estimate of drug-likeness (QED) is 0.0261. The third-order valence-corrected chi connectivity index (χ3v) is 15.2. The van der Waals surface area contributed by atoms with Crippen molar-refractivity contribution in [1.82, 2.24) is 0 Å². The Balaban J connectivity index is 4.09. The van der Waals surface area contributed by atoms with E-state index in [1.807, 2.05) is 0 Å². The molecule has 0 saturated carbocycles. The van der Waals surface area contributed by atoms with Crippen molar-refractivity contribution in [2.75, 3.05) is 13.2 Å². The molecule has 1 unspecified atom stereocenters. The number of carbonyl (C=O) groups excluding carboxylic acids is 3. The second-order valence-electron chi connectivity index (χ2n) is 23.1. The Morgan fingerprint density at radius 3 is 0.750 bits per heavy atom. The molecular formula is C74H130O6. The zero-order valence-electron chi connectivity index (χ0n) is 53.1. The van der Waals surface area contributed by atoms with Gasteiger partial charge in [0, 0.05) is 19.3 Å². The van der Waals surface area contributed by atoms with Crippen LogP contribution in [0, 0.1) is 0 Å². The molecule has 0 aliphatic carbocycles. The van der Waals surface area contributed by atoms with Crippen molar-refractivity contribution in [2.24, 2.45) is 0 Å². The van der Waals surface area contributed by atoms with E-state index in [9.17, 15) is 14.4 Å². The molecule has 6 heteroatoms. The Kier molecular flexibility index (Phi) is 65.2. The van der Waals surface area contributed by atoms with Crippen molar-refractivity contribution in [3.8, 4) is 0 Å². The Morgan fingerprint density at radius 2 is 0.487 bits per heavy atom. The Labute approximate surface area is 496 Å². The number of carbonyl (C=O) groups is 3. The van der Waals surface area contributed by atoms with Crippen molar-refractivity contribution in [3.63, 3.8) is 0 Å². The van der Waals surface area contributed by atoms with E-state index in [1.54, 1.807) is 0 Å². The molecule has 6 nitrogen and oxygen atoms in total. The maximum Gasteiger partial charge on any atom is 0.306 e. The molecule has 0 aromatic rings. The molecule has 1 atom stereocenters. The van der Waals surface area contributed by atoms with Gasteiger partial charge in [0.15, 0.2) is 6.10 Å². The number of hydrogen-bond donors (Lipinski definition) is 0. The number of unbranched alkanes of at least 4 members (excludes halogenated alkanes) is 38. The highest BCUT2D eigenvalue weighted by Crippen LogP contribution is 2.18. The minimum absolute atomic E-state index is 0.0965. The molecule has 0 radical (unpaired) electrons. The third kappa shape index (κ3) is 65.4. The van der Waals surface area contributed by atoms with Crippen LogP contribution in [0.2, 0.25) is 0 Å². The van der Waals surface area contributed by atoms with Crippen LogP contribution in [0.5, 0.6) is 0 Å². The van der Waals surface area contributed by atoms with Gasteiger partial charge in [0.2, 0.25) is 0 Å². The molecule has 0 bridgehead atoms. The Morgan fingerprint density at radius 1 is 0.263 bits per heavy atom. The minimum Gasteiger partial charge on any atom is -0.462 e. The molecule has 0 heterocycles. The maximum atomic E-state index is 12.8. The maximum absolute atomic E-state index is 12.8. The zero-order valence-corrected chi connectivity index (χ0v) is 53.1. The topological polar surface area (TPSA) is 78.9 Å². The van der Waals surface area contributed by atoms with Crippen LogP contribution in [0.25, 0.3) is 0 Å². The first-order valence-electron chi connectivity index (χ1n) is 34.6. The number of ether oxygens (including phenoxy) is 3. The van der Waals surface area contributed by atoms with Crippen molar-refractivity contribution < 1.29 is 28.6 Å². The summed E-state index contributed by atoms with van der Waals surface area (Å²) in [4.78, 5) is 38.1. The van der Waals surface area contributed by atoms with E-state index in [4.69, 9.17) is 14.2 Å². The molecule has 0 spiro atoms. The lowest BCUT2D eigenvalue weighted by atomic mass is 10.0. The molecule has 0 rings (SSSR count). The number of esters is 3. The van der Waals surface area contributed by atoms with E-state index in [-0.39, 0.29) is 37.5 Å². The highest BCUT2D eigenvalue weighted by Gasteiger charge is 2.19. The van der Waals surface area contributed by atoms with Gasteiger partial charge in [0.25, 0.3) is 0 Å². The van der Waals surface area contributed by atoms with Crippen LogP contribution in [0.1, 0.15) is 348 Å². The van der Waals surface area contributed by atoms with Crippen LogP contribution >= 0.6 is 0 Å². The number of rotatable bonds is 63. The van der Waals surface area contributed by atoms with Gasteiger partial charge in [-0.05, 0) is 70.6 Å². The molecule has 0 aromatic carbocycles. The van der Waals surface area contributed by atoms with Gasteiger partial charge in [0.1, 0.15) is 13.2 Å². The van der Waals surface area contributed by atoms with Gasteiger partial charge in [-0.2, -0.15) is 0 Å². The lowest BCUT2D eigenvalue weighted by Crippen LogP contribution is -2.30. The van der Waals surface area contributed by atoms with Gasteiger partial charge in [-0.1, -0.05) is 343 Å². The van der Waals surface area contributed by atoms with E-state index in [2.05, 4.69) is 106 Å². The average molecular weight is 1120 g/mol. The number of allylic oxidation sites excluding steroid dienone is 14. The van der Waals surface area contributed by atoms with Crippen molar-refractivity contribution in [3.05, 3.63) is 85.1 Å². The Hall–Kier alpha value is -3.41. The molecular weight excluding hydrogens is 985 g/mol. The fourth-order valence-electron chi connectivity index (χ4n) is 10.0. The fraction of sp³-hybridized carbons (Fsp3) is 0.770. The van der Waals surface area contributed by atoms with Gasteiger partial charge in [-0.3, -0.25) is 14.4 Å². The van der Waals surface area contributed by atoms with E-state index in [0.29, 0.717) is 19.3 Å². The first kappa shape index (κ1) is 76.6. The lowest BCUT2D eigenvalue weighted by molar-refractivity contribution is -0.167. The molecule has 0 fully saturated rings. The second kappa shape index (κ2) is 68.1. The second-order valence-corrected chi connectivity index (χ2v) is 23.1. The summed E-state index contributed by atoms with van der Waals surface area (Å²) in [6.45, 7) is 6.48. The number of hydrogen-bond acceptors (Lipinski definition) is 6. The van der Waals surface area contributed by atoms with Gasteiger partial charge in [-0.25, -0.2) is 0 Å². The molecule has 0 N–H and O–H groups in total. The molecule has 0 aliphatic rings. The molecule has 0 aliphatic heterocycles. The fourth-order valence-corrected chi connectivity index (χ4v) is 10.0. The van der Waals surface area contributed by atoms with Gasteiger partial charge < -0.3 is 14.2 Å². The van der Waals surface area contributed by atoms with Crippen molar-refractivity contribution >= 4 is 17.9 Å². The summed E-state index contributed by atoms with van der Waals surface area (Å²) in [5.74, 6) is -0.951. The molecule has 462 valence electrons. The summed E-state index contributed by atoms with van der Waals surface area (Å²) in [5, 5.41) is 0. The van der Waals surface area contributed by atoms with Crippen LogP contribution in [-0.2, 0) is 28.6 Å². The monoisotopic (exact) mass is 1110 g/mol. The standard InChI is InChI=1S/C74H130O6/c1-4-7-10-13-16-18-20-22-24-26-28-30-32-33-34-35-36-37-38-39-40-42-43-45-47-49-51-53-55-58-61-64-67-73(76)79-70-71(69-78-72(75)66-63-60-57-15-12-9-6-3)80-74(77)68-65-62-59-56-54-52-50-48-46-44-41-31-29-27-25-23-21-19-17-14-11-8-5-2/h8,11,17,19,23,25,29,31,44,46,50,52,56,59,71H,4-7,9-10,12-16,18,20-22,24,26-28,30,32-43,45,47-49,51,53-55,57-58,60-70H2,1-3H3/b11-8-,19-17-,25-23-,31-29-,46-44-,52-50-,59-56-. The molecule has 0 saturated heterocycles. The molecule has 80 heavy (non-hydrogen) atoms. The van der Waals surface area contributed by atoms with Crippen LogP contribution in [-0.4, -0.2) is 37.2 Å². The summed E-state index contributed by atoms with van der Waals surface area (Å²) in [6, 6.07) is 0. The van der Waals surface area contributed by atoms with Crippen LogP contribution < -0.4 is 0 Å². The largest absolute Gasteiger partial charge is 0.462 e. The first-order valence-corrected chi connectivity index (χ1v) is 34.6. The summed E-state index contributed by atoms with van der Waals surface area (Å²) in [6.07, 6.45) is 90.9. The normalized spacial score (nSPS) is 12.6. The zero-order chi connectivity index (χ0) is 57.8. The highest BCUT2D eigenvalue weighted by molar-refractivity contribution is 5.71. The third-order valence-electron chi connectivity index (χ3n) is 15.2. The summed E-state index contributed by atoms with van der Waals surface area (Å²) < 4.78 is 16.8. The minimum atomic E-state index is -0.804. The van der Waals surface area contributed by atoms with Crippen LogP contribution in [0.3, 0.4) is 0 Å². The van der Waals surface area contributed by atoms with Crippen LogP contribution in [0.4, 0.5) is 0 Å². The van der Waals surface area contributed by atoms with E-state index in [1.165, 1.54) is 212 Å². The highest BCUT2D eigenvalue weighted by atomic mass is 16.6.